The van der Waals surface area contributed by atoms with E-state index in [2.05, 4.69) is 5.32 Å². The van der Waals surface area contributed by atoms with Gasteiger partial charge in [-0.25, -0.2) is 0 Å². The van der Waals surface area contributed by atoms with Crippen LogP contribution in [0.5, 0.6) is 0 Å². The molecule has 0 fully saturated rings. The first-order valence-corrected chi connectivity index (χ1v) is 6.07. The fourth-order valence-electron chi connectivity index (χ4n) is 1.57. The number of nitro benzene ring substituents is 1. The highest BCUT2D eigenvalue weighted by atomic mass is 16.6. The van der Waals surface area contributed by atoms with Crippen LogP contribution in [0.15, 0.2) is 24.3 Å². The first-order valence-electron chi connectivity index (χ1n) is 6.07. The molecule has 0 saturated carbocycles. The van der Waals surface area contributed by atoms with Gasteiger partial charge < -0.3 is 10.4 Å². The van der Waals surface area contributed by atoms with Crippen LogP contribution in [-0.2, 0) is 11.2 Å². The van der Waals surface area contributed by atoms with Gasteiger partial charge >= 0.3 is 0 Å². The molecule has 104 valence electrons. The van der Waals surface area contributed by atoms with Gasteiger partial charge in [0.05, 0.1) is 11.3 Å². The van der Waals surface area contributed by atoms with Crippen molar-refractivity contribution in [3.63, 3.8) is 0 Å². The fraction of sp³-hybridized carbons (Fsp3) is 0.462. The number of nitrogens with one attached hydrogen (secondary N) is 1. The zero-order valence-corrected chi connectivity index (χ0v) is 11.0. The summed E-state index contributed by atoms with van der Waals surface area (Å²) < 4.78 is 0. The van der Waals surface area contributed by atoms with Crippen LogP contribution in [0.4, 0.5) is 5.69 Å². The van der Waals surface area contributed by atoms with E-state index in [1.807, 2.05) is 13.8 Å². The Morgan fingerprint density at radius 3 is 2.74 bits per heavy atom. The van der Waals surface area contributed by atoms with Gasteiger partial charge in [0, 0.05) is 24.8 Å². The van der Waals surface area contributed by atoms with E-state index in [1.54, 1.807) is 12.1 Å². The molecule has 0 radical (unpaired) electrons. The summed E-state index contributed by atoms with van der Waals surface area (Å²) in [5.74, 6) is -0.248. The third-order valence-electron chi connectivity index (χ3n) is 3.02. The second-order valence-corrected chi connectivity index (χ2v) is 4.62. The highest BCUT2D eigenvalue weighted by molar-refractivity contribution is 5.79. The first kappa shape index (κ1) is 15.1. The summed E-state index contributed by atoms with van der Waals surface area (Å²) in [6.07, 6.45) is 0.0875. The van der Waals surface area contributed by atoms with E-state index in [0.717, 1.165) is 0 Å². The van der Waals surface area contributed by atoms with E-state index in [-0.39, 0.29) is 36.6 Å². The van der Waals surface area contributed by atoms with Gasteiger partial charge in [0.1, 0.15) is 0 Å². The summed E-state index contributed by atoms with van der Waals surface area (Å²) in [5, 5.41) is 22.4. The standard InChI is InChI=1S/C13H18N2O4/c1-9(8-16)10(2)14-13(17)7-11-4-3-5-12(6-11)15(18)19/h3-6,9-10,16H,7-8H2,1-2H3,(H,14,17). The molecule has 2 atom stereocenters. The summed E-state index contributed by atoms with van der Waals surface area (Å²) in [5.41, 5.74) is 0.567. The number of carbonyl (C=O) groups is 1. The molecule has 6 heteroatoms. The molecule has 1 amide bonds. The first-order chi connectivity index (χ1) is 8.93. The van der Waals surface area contributed by atoms with E-state index < -0.39 is 4.92 Å². The van der Waals surface area contributed by atoms with Gasteiger partial charge in [-0.1, -0.05) is 19.1 Å². The van der Waals surface area contributed by atoms with Crippen LogP contribution in [0.25, 0.3) is 0 Å². The van der Waals surface area contributed by atoms with Gasteiger partial charge in [-0.05, 0) is 18.4 Å². The lowest BCUT2D eigenvalue weighted by Gasteiger charge is -2.19. The normalized spacial score (nSPS) is 13.6. The second kappa shape index (κ2) is 6.84. The van der Waals surface area contributed by atoms with Gasteiger partial charge in [0.25, 0.3) is 5.69 Å². The van der Waals surface area contributed by atoms with Crippen molar-refractivity contribution in [2.45, 2.75) is 26.3 Å². The van der Waals surface area contributed by atoms with E-state index in [1.165, 1.54) is 12.1 Å². The van der Waals surface area contributed by atoms with Crippen LogP contribution in [0.3, 0.4) is 0 Å². The molecular formula is C13H18N2O4. The smallest absolute Gasteiger partial charge is 0.269 e. The Balaban J connectivity index is 2.62. The average Bonchev–Trinajstić information content (AvgIpc) is 2.37. The number of nitro groups is 1. The van der Waals surface area contributed by atoms with E-state index in [0.29, 0.717) is 5.56 Å². The third kappa shape index (κ3) is 4.67. The Bertz CT molecular complexity index is 462. The number of rotatable bonds is 6. The number of hydrogen-bond acceptors (Lipinski definition) is 4. The van der Waals surface area contributed by atoms with Crippen molar-refractivity contribution in [2.75, 3.05) is 6.61 Å². The van der Waals surface area contributed by atoms with Crippen molar-refractivity contribution >= 4 is 11.6 Å². The molecule has 0 spiro atoms. The summed E-state index contributed by atoms with van der Waals surface area (Å²) in [7, 11) is 0. The monoisotopic (exact) mass is 266 g/mol. The maximum absolute atomic E-state index is 11.8. The summed E-state index contributed by atoms with van der Waals surface area (Å²) in [4.78, 5) is 21.9. The van der Waals surface area contributed by atoms with Gasteiger partial charge in [0.2, 0.25) is 5.91 Å². The van der Waals surface area contributed by atoms with Gasteiger partial charge in [0.15, 0.2) is 0 Å². The molecule has 2 unspecified atom stereocenters. The molecule has 0 saturated heterocycles. The molecule has 6 nitrogen and oxygen atoms in total. The maximum atomic E-state index is 11.8. The summed E-state index contributed by atoms with van der Waals surface area (Å²) >= 11 is 0. The third-order valence-corrected chi connectivity index (χ3v) is 3.02. The van der Waals surface area contributed by atoms with Crippen molar-refractivity contribution in [2.24, 2.45) is 5.92 Å². The van der Waals surface area contributed by atoms with Crippen LogP contribution in [0.2, 0.25) is 0 Å². The Kier molecular flexibility index (Phi) is 5.44. The van der Waals surface area contributed by atoms with Gasteiger partial charge in [-0.15, -0.1) is 0 Å². The van der Waals surface area contributed by atoms with Crippen LogP contribution in [-0.4, -0.2) is 28.6 Å². The summed E-state index contributed by atoms with van der Waals surface area (Å²) in [6.45, 7) is 3.64. The van der Waals surface area contributed by atoms with Gasteiger partial charge in [-0.3, -0.25) is 14.9 Å². The van der Waals surface area contributed by atoms with Crippen molar-refractivity contribution < 1.29 is 14.8 Å². The minimum Gasteiger partial charge on any atom is -0.396 e. The minimum absolute atomic E-state index is 0.00173. The van der Waals surface area contributed by atoms with Crippen molar-refractivity contribution in [1.29, 1.82) is 0 Å². The Morgan fingerprint density at radius 2 is 2.16 bits per heavy atom. The number of aliphatic hydroxyl groups excluding tert-OH is 1. The zero-order valence-electron chi connectivity index (χ0n) is 11.0. The minimum atomic E-state index is -0.488. The molecule has 1 aromatic carbocycles. The van der Waals surface area contributed by atoms with E-state index in [4.69, 9.17) is 5.11 Å². The molecule has 0 aliphatic rings. The number of non-ortho nitro benzene ring substituents is 1. The lowest BCUT2D eigenvalue weighted by Crippen LogP contribution is -2.39. The van der Waals surface area contributed by atoms with Crippen molar-refractivity contribution in [1.82, 2.24) is 5.32 Å². The number of carbonyl (C=O) groups excluding carboxylic acids is 1. The number of hydrogen-bond donors (Lipinski definition) is 2. The van der Waals surface area contributed by atoms with Crippen molar-refractivity contribution in [3.05, 3.63) is 39.9 Å². The van der Waals surface area contributed by atoms with Crippen LogP contribution in [0, 0.1) is 16.0 Å². The number of nitrogens with zero attached hydrogens (tertiary/aromatic N) is 1. The van der Waals surface area contributed by atoms with Gasteiger partial charge in [-0.2, -0.15) is 0 Å². The van der Waals surface area contributed by atoms with E-state index >= 15 is 0 Å². The molecule has 0 heterocycles. The largest absolute Gasteiger partial charge is 0.396 e. The topological polar surface area (TPSA) is 92.5 Å². The van der Waals surface area contributed by atoms with Crippen LogP contribution in [0.1, 0.15) is 19.4 Å². The molecule has 1 rings (SSSR count). The fourth-order valence-corrected chi connectivity index (χ4v) is 1.57. The molecule has 0 bridgehead atoms. The predicted octanol–water partition coefficient (Wildman–Crippen LogP) is 1.27. The zero-order chi connectivity index (χ0) is 14.4. The lowest BCUT2D eigenvalue weighted by molar-refractivity contribution is -0.384. The number of aliphatic hydroxyl groups is 1. The quantitative estimate of drug-likeness (QED) is 0.599. The number of amides is 1. The molecule has 2 N–H and O–H groups in total. The van der Waals surface area contributed by atoms with E-state index in [9.17, 15) is 14.9 Å². The molecular weight excluding hydrogens is 248 g/mol. The Hall–Kier alpha value is -1.95. The molecule has 1 aromatic rings. The average molecular weight is 266 g/mol. The second-order valence-electron chi connectivity index (χ2n) is 4.62. The Morgan fingerprint density at radius 1 is 1.47 bits per heavy atom. The highest BCUT2D eigenvalue weighted by Gasteiger charge is 2.15. The number of benzene rings is 1. The molecule has 0 aliphatic carbocycles. The molecule has 0 aromatic heterocycles. The van der Waals surface area contributed by atoms with Crippen LogP contribution >= 0.6 is 0 Å². The highest BCUT2D eigenvalue weighted by Crippen LogP contribution is 2.13. The maximum Gasteiger partial charge on any atom is 0.269 e. The van der Waals surface area contributed by atoms with Crippen molar-refractivity contribution in [3.8, 4) is 0 Å². The Labute approximate surface area is 111 Å². The lowest BCUT2D eigenvalue weighted by atomic mass is 10.0. The van der Waals surface area contributed by atoms with Crippen LogP contribution < -0.4 is 5.32 Å². The molecule has 0 aliphatic heterocycles. The predicted molar refractivity (Wildman–Crippen MR) is 70.7 cm³/mol. The molecule has 19 heavy (non-hydrogen) atoms. The summed E-state index contributed by atoms with van der Waals surface area (Å²) in [6, 6.07) is 5.86. The SMILES string of the molecule is CC(CO)C(C)NC(=O)Cc1cccc([N+](=O)[O-])c1.